The van der Waals surface area contributed by atoms with E-state index in [0.29, 0.717) is 17.8 Å². The molecule has 0 aromatic heterocycles. The highest BCUT2D eigenvalue weighted by molar-refractivity contribution is 4.91. The molecule has 0 bridgehead atoms. The molecule has 1 aliphatic rings. The van der Waals surface area contributed by atoms with Crippen molar-refractivity contribution < 1.29 is 5.11 Å². The average molecular weight is 213 g/mol. The van der Waals surface area contributed by atoms with Crippen LogP contribution in [0.2, 0.25) is 0 Å². The van der Waals surface area contributed by atoms with Crippen LogP contribution in [0.25, 0.3) is 0 Å². The fraction of sp³-hybridized carbons (Fsp3) is 1.00. The molecular weight excluding hydrogens is 186 g/mol. The Morgan fingerprint density at radius 2 is 2.00 bits per heavy atom. The van der Waals surface area contributed by atoms with Gasteiger partial charge in [0.1, 0.15) is 0 Å². The molecule has 0 spiro atoms. The van der Waals surface area contributed by atoms with Crippen LogP contribution in [0.4, 0.5) is 0 Å². The first kappa shape index (κ1) is 13.0. The zero-order valence-corrected chi connectivity index (χ0v) is 10.7. The second kappa shape index (κ2) is 5.31. The molecule has 0 radical (unpaired) electrons. The summed E-state index contributed by atoms with van der Waals surface area (Å²) in [5.74, 6) is 1.77. The smallest absolute Gasteiger partial charge is 0.0799 e. The number of rotatable bonds is 4. The lowest BCUT2D eigenvalue weighted by molar-refractivity contribution is -0.0549. The van der Waals surface area contributed by atoms with E-state index < -0.39 is 5.60 Å². The van der Waals surface area contributed by atoms with Gasteiger partial charge >= 0.3 is 0 Å². The van der Waals surface area contributed by atoms with E-state index in [-0.39, 0.29) is 0 Å². The Kier molecular flexibility index (Phi) is 4.60. The van der Waals surface area contributed by atoms with Crippen LogP contribution in [0.15, 0.2) is 0 Å². The van der Waals surface area contributed by atoms with Crippen molar-refractivity contribution in [2.24, 2.45) is 17.8 Å². The van der Waals surface area contributed by atoms with Crippen molar-refractivity contribution in [3.05, 3.63) is 0 Å². The normalized spacial score (nSPS) is 37.2. The molecule has 90 valence electrons. The maximum Gasteiger partial charge on any atom is 0.0799 e. The Bertz CT molecular complexity index is 193. The summed E-state index contributed by atoms with van der Waals surface area (Å²) in [6, 6.07) is 0. The van der Waals surface area contributed by atoms with Crippen LogP contribution in [0, 0.1) is 17.8 Å². The first-order valence-corrected chi connectivity index (χ1v) is 6.37. The predicted octanol–water partition coefficient (Wildman–Crippen LogP) is 2.42. The van der Waals surface area contributed by atoms with Crippen LogP contribution in [0.5, 0.6) is 0 Å². The fourth-order valence-electron chi connectivity index (χ4n) is 2.53. The summed E-state index contributed by atoms with van der Waals surface area (Å²) < 4.78 is 0. The van der Waals surface area contributed by atoms with E-state index in [1.165, 1.54) is 12.8 Å². The highest BCUT2D eigenvalue weighted by atomic mass is 16.3. The van der Waals surface area contributed by atoms with Gasteiger partial charge in [0.15, 0.2) is 0 Å². The summed E-state index contributed by atoms with van der Waals surface area (Å²) in [6.07, 6.45) is 3.40. The van der Waals surface area contributed by atoms with E-state index in [2.05, 4.69) is 33.0 Å². The molecule has 1 aliphatic carbocycles. The third-order valence-electron chi connectivity index (χ3n) is 3.70. The number of hydrogen-bond donors (Lipinski definition) is 2. The highest BCUT2D eigenvalue weighted by Crippen LogP contribution is 2.36. The maximum absolute atomic E-state index is 10.6. The minimum absolute atomic E-state index is 0.438. The van der Waals surface area contributed by atoms with Crippen molar-refractivity contribution in [2.45, 2.75) is 52.6 Å². The maximum atomic E-state index is 10.6. The summed E-state index contributed by atoms with van der Waals surface area (Å²) in [5, 5.41) is 14.0. The van der Waals surface area contributed by atoms with E-state index in [4.69, 9.17) is 0 Å². The highest BCUT2D eigenvalue weighted by Gasteiger charge is 2.38. The lowest BCUT2D eigenvalue weighted by Gasteiger charge is -2.41. The first-order valence-electron chi connectivity index (χ1n) is 6.37. The van der Waals surface area contributed by atoms with Gasteiger partial charge in [0.25, 0.3) is 0 Å². The van der Waals surface area contributed by atoms with Gasteiger partial charge in [0.05, 0.1) is 5.60 Å². The zero-order chi connectivity index (χ0) is 11.5. The Balaban J connectivity index is 2.40. The Morgan fingerprint density at radius 1 is 1.33 bits per heavy atom. The number of nitrogens with one attached hydrogen (secondary N) is 1. The van der Waals surface area contributed by atoms with Gasteiger partial charge in [-0.05, 0) is 37.1 Å². The minimum Gasteiger partial charge on any atom is -0.388 e. The van der Waals surface area contributed by atoms with E-state index in [1.54, 1.807) is 0 Å². The van der Waals surface area contributed by atoms with Crippen molar-refractivity contribution in [1.82, 2.24) is 5.32 Å². The van der Waals surface area contributed by atoms with Crippen LogP contribution in [-0.4, -0.2) is 23.8 Å². The summed E-state index contributed by atoms with van der Waals surface area (Å²) in [4.78, 5) is 0. The van der Waals surface area contributed by atoms with E-state index in [9.17, 15) is 5.11 Å². The summed E-state index contributed by atoms with van der Waals surface area (Å²) in [5.41, 5.74) is -0.466. The van der Waals surface area contributed by atoms with Crippen molar-refractivity contribution in [3.63, 3.8) is 0 Å². The predicted molar refractivity (Wildman–Crippen MR) is 64.8 cm³/mol. The molecule has 0 aromatic carbocycles. The van der Waals surface area contributed by atoms with Crippen LogP contribution in [0.1, 0.15) is 47.0 Å². The van der Waals surface area contributed by atoms with E-state index in [0.717, 1.165) is 19.5 Å². The molecule has 0 aliphatic heterocycles. The summed E-state index contributed by atoms with van der Waals surface area (Å²) in [7, 11) is 0. The molecule has 2 nitrogen and oxygen atoms in total. The lowest BCUT2D eigenvalue weighted by Crippen LogP contribution is -2.49. The standard InChI is InChI=1S/C13H27NO/c1-10(2)8-14-9-13(15)7-11(3)5-6-12(13)4/h10-12,14-15H,5-9H2,1-4H3. The van der Waals surface area contributed by atoms with E-state index in [1.807, 2.05) is 0 Å². The second-order valence-electron chi connectivity index (χ2n) is 5.92. The van der Waals surface area contributed by atoms with Gasteiger partial charge in [-0.25, -0.2) is 0 Å². The van der Waals surface area contributed by atoms with Gasteiger partial charge in [0.2, 0.25) is 0 Å². The van der Waals surface area contributed by atoms with Gasteiger partial charge in [-0.15, -0.1) is 0 Å². The zero-order valence-electron chi connectivity index (χ0n) is 10.7. The molecular formula is C13H27NO. The summed E-state index contributed by atoms with van der Waals surface area (Å²) >= 11 is 0. The van der Waals surface area contributed by atoms with Gasteiger partial charge < -0.3 is 10.4 Å². The SMILES string of the molecule is CC(C)CNCC1(O)CC(C)CCC1C. The average Bonchev–Trinajstić information content (AvgIpc) is 2.11. The number of hydrogen-bond acceptors (Lipinski definition) is 2. The molecule has 0 aromatic rings. The lowest BCUT2D eigenvalue weighted by atomic mass is 9.72. The van der Waals surface area contributed by atoms with Gasteiger partial charge in [-0.3, -0.25) is 0 Å². The molecule has 1 fully saturated rings. The Hall–Kier alpha value is -0.0800. The monoisotopic (exact) mass is 213 g/mol. The van der Waals surface area contributed by atoms with Gasteiger partial charge in [0, 0.05) is 6.54 Å². The molecule has 0 amide bonds. The fourth-order valence-corrected chi connectivity index (χ4v) is 2.53. The molecule has 15 heavy (non-hydrogen) atoms. The third kappa shape index (κ3) is 3.76. The largest absolute Gasteiger partial charge is 0.388 e. The first-order chi connectivity index (χ1) is 6.94. The van der Waals surface area contributed by atoms with Gasteiger partial charge in [-0.1, -0.05) is 34.1 Å². The van der Waals surface area contributed by atoms with E-state index >= 15 is 0 Å². The quantitative estimate of drug-likeness (QED) is 0.751. The Morgan fingerprint density at radius 3 is 2.60 bits per heavy atom. The van der Waals surface area contributed by atoms with Crippen LogP contribution >= 0.6 is 0 Å². The van der Waals surface area contributed by atoms with Crippen LogP contribution in [0.3, 0.4) is 0 Å². The molecule has 1 rings (SSSR count). The second-order valence-corrected chi connectivity index (χ2v) is 5.92. The Labute approximate surface area is 94.5 Å². The topological polar surface area (TPSA) is 32.3 Å². The third-order valence-corrected chi connectivity index (χ3v) is 3.70. The van der Waals surface area contributed by atoms with Crippen LogP contribution in [-0.2, 0) is 0 Å². The van der Waals surface area contributed by atoms with Crippen molar-refractivity contribution in [3.8, 4) is 0 Å². The molecule has 2 N–H and O–H groups in total. The molecule has 3 unspecified atom stereocenters. The molecule has 0 saturated heterocycles. The molecule has 2 heteroatoms. The van der Waals surface area contributed by atoms with Crippen LogP contribution < -0.4 is 5.32 Å². The number of aliphatic hydroxyl groups is 1. The minimum atomic E-state index is -0.466. The van der Waals surface area contributed by atoms with Crippen molar-refractivity contribution in [2.75, 3.05) is 13.1 Å². The van der Waals surface area contributed by atoms with Crippen molar-refractivity contribution in [1.29, 1.82) is 0 Å². The molecule has 1 saturated carbocycles. The molecule has 3 atom stereocenters. The summed E-state index contributed by atoms with van der Waals surface area (Å²) in [6.45, 7) is 10.6. The van der Waals surface area contributed by atoms with Gasteiger partial charge in [-0.2, -0.15) is 0 Å². The van der Waals surface area contributed by atoms with Crippen molar-refractivity contribution >= 4 is 0 Å². The molecule has 0 heterocycles.